The number of hydrogen-bond donors (Lipinski definition) is 3. The number of carbonyl (C=O) groups is 1. The molecule has 0 spiro atoms. The maximum absolute atomic E-state index is 12.8. The van der Waals surface area contributed by atoms with Gasteiger partial charge in [0.25, 0.3) is 11.5 Å². The molecule has 0 radical (unpaired) electrons. The van der Waals surface area contributed by atoms with Gasteiger partial charge in [0, 0.05) is 28.6 Å². The van der Waals surface area contributed by atoms with E-state index in [-0.39, 0.29) is 16.9 Å². The minimum Gasteiger partial charge on any atom is -0.494 e. The zero-order valence-corrected chi connectivity index (χ0v) is 17.0. The lowest BCUT2D eigenvalue weighted by Gasteiger charge is -2.25. The van der Waals surface area contributed by atoms with Crippen LogP contribution >= 0.6 is 0 Å². The Balaban J connectivity index is 2.15. The molecule has 3 rings (SSSR count). The van der Waals surface area contributed by atoms with Crippen LogP contribution in [0, 0.1) is 0 Å². The summed E-state index contributed by atoms with van der Waals surface area (Å²) >= 11 is 0. The zero-order valence-electron chi connectivity index (χ0n) is 17.0. The smallest absolute Gasteiger partial charge is 0.255 e. The van der Waals surface area contributed by atoms with E-state index in [0.29, 0.717) is 33.8 Å². The Labute approximate surface area is 169 Å². The molecule has 6 nitrogen and oxygen atoms in total. The Kier molecular flexibility index (Phi) is 5.46. The van der Waals surface area contributed by atoms with Crippen LogP contribution < -0.4 is 21.3 Å². The molecule has 0 saturated heterocycles. The van der Waals surface area contributed by atoms with Gasteiger partial charge in [-0.2, -0.15) is 0 Å². The molecule has 0 aliphatic heterocycles. The summed E-state index contributed by atoms with van der Waals surface area (Å²) in [5.74, 6) is 0.277. The molecular weight excluding hydrogens is 366 g/mol. The van der Waals surface area contributed by atoms with Crippen molar-refractivity contribution in [1.29, 1.82) is 0 Å². The van der Waals surface area contributed by atoms with Gasteiger partial charge in [-0.15, -0.1) is 0 Å². The van der Waals surface area contributed by atoms with E-state index >= 15 is 0 Å². The van der Waals surface area contributed by atoms with Crippen LogP contribution in [0.2, 0.25) is 0 Å². The van der Waals surface area contributed by atoms with Crippen LogP contribution in [0.5, 0.6) is 5.75 Å². The van der Waals surface area contributed by atoms with E-state index in [1.807, 2.05) is 6.07 Å². The summed E-state index contributed by atoms with van der Waals surface area (Å²) in [6, 6.07) is 13.9. The molecule has 1 aromatic heterocycles. The number of pyridine rings is 1. The van der Waals surface area contributed by atoms with E-state index in [0.717, 1.165) is 5.56 Å². The summed E-state index contributed by atoms with van der Waals surface area (Å²) < 4.78 is 5.66. The van der Waals surface area contributed by atoms with Crippen molar-refractivity contribution in [1.82, 2.24) is 4.98 Å². The van der Waals surface area contributed by atoms with Crippen molar-refractivity contribution in [2.75, 3.05) is 18.2 Å². The second-order valence-corrected chi connectivity index (χ2v) is 7.84. The minimum atomic E-state index is -0.290. The average molecular weight is 391 g/mol. The van der Waals surface area contributed by atoms with E-state index in [2.05, 4.69) is 31.1 Å². The number of methoxy groups -OCH3 is 1. The number of aromatic amines is 1. The highest BCUT2D eigenvalue weighted by atomic mass is 16.5. The maximum Gasteiger partial charge on any atom is 0.255 e. The molecule has 6 heteroatoms. The Hall–Kier alpha value is -3.54. The molecule has 0 unspecified atom stereocenters. The first-order valence-corrected chi connectivity index (χ1v) is 9.28. The number of nitrogens with one attached hydrogen (secondary N) is 2. The Morgan fingerprint density at radius 2 is 1.79 bits per heavy atom. The fourth-order valence-corrected chi connectivity index (χ4v) is 3.13. The van der Waals surface area contributed by atoms with Crippen LogP contribution in [0.15, 0.2) is 59.5 Å². The van der Waals surface area contributed by atoms with Gasteiger partial charge >= 0.3 is 0 Å². The standard InChI is InChI=1S/C23H25N3O3/c1-23(2,3)18-12-15(17-6-5-11-25-22(17)28)13-19(20(18)29-4)26-21(27)14-7-9-16(24)10-8-14/h5-13H,24H2,1-4H3,(H,25,28)(H,26,27). The van der Waals surface area contributed by atoms with Crippen LogP contribution in [0.1, 0.15) is 36.7 Å². The van der Waals surface area contributed by atoms with Crippen LogP contribution in [0.25, 0.3) is 11.1 Å². The number of ether oxygens (including phenoxy) is 1. The van der Waals surface area contributed by atoms with Crippen LogP contribution in [0.3, 0.4) is 0 Å². The molecule has 0 fully saturated rings. The number of anilines is 2. The highest BCUT2D eigenvalue weighted by molar-refractivity contribution is 6.05. The molecule has 150 valence electrons. The SMILES string of the molecule is COc1c(NC(=O)c2ccc(N)cc2)cc(-c2ccc[nH]c2=O)cc1C(C)(C)C. The third-order valence-corrected chi connectivity index (χ3v) is 4.65. The van der Waals surface area contributed by atoms with E-state index in [1.165, 1.54) is 0 Å². The minimum absolute atomic E-state index is 0.201. The normalized spacial score (nSPS) is 11.2. The Morgan fingerprint density at radius 3 is 2.38 bits per heavy atom. The third-order valence-electron chi connectivity index (χ3n) is 4.65. The molecule has 0 atom stereocenters. The highest BCUT2D eigenvalue weighted by Gasteiger charge is 2.24. The summed E-state index contributed by atoms with van der Waals surface area (Å²) in [5, 5.41) is 2.92. The maximum atomic E-state index is 12.8. The summed E-state index contributed by atoms with van der Waals surface area (Å²) in [5.41, 5.74) is 8.89. The van der Waals surface area contributed by atoms with E-state index in [4.69, 9.17) is 10.5 Å². The monoisotopic (exact) mass is 391 g/mol. The van der Waals surface area contributed by atoms with Gasteiger partial charge in [0.15, 0.2) is 0 Å². The number of nitrogens with two attached hydrogens (primary N) is 1. The summed E-state index contributed by atoms with van der Waals surface area (Å²) in [6.45, 7) is 6.15. The van der Waals surface area contributed by atoms with E-state index in [1.54, 1.807) is 55.8 Å². The topological polar surface area (TPSA) is 97.2 Å². The number of rotatable bonds is 4. The molecule has 0 aliphatic carbocycles. The molecule has 29 heavy (non-hydrogen) atoms. The molecule has 1 amide bonds. The summed E-state index contributed by atoms with van der Waals surface area (Å²) in [4.78, 5) is 27.8. The second kappa shape index (κ2) is 7.83. The van der Waals surface area contributed by atoms with Gasteiger partial charge in [-0.3, -0.25) is 9.59 Å². The molecule has 1 heterocycles. The predicted molar refractivity (Wildman–Crippen MR) is 117 cm³/mol. The number of H-pyrrole nitrogens is 1. The molecule has 3 aromatic rings. The van der Waals surface area contributed by atoms with Gasteiger partial charge in [-0.05, 0) is 59.5 Å². The molecule has 2 aromatic carbocycles. The van der Waals surface area contributed by atoms with Crippen molar-refractivity contribution in [3.05, 3.63) is 76.2 Å². The van der Waals surface area contributed by atoms with Gasteiger partial charge in [0.2, 0.25) is 0 Å². The number of benzene rings is 2. The Morgan fingerprint density at radius 1 is 1.10 bits per heavy atom. The summed E-state index contributed by atoms with van der Waals surface area (Å²) in [7, 11) is 1.57. The zero-order chi connectivity index (χ0) is 21.2. The van der Waals surface area contributed by atoms with E-state index < -0.39 is 0 Å². The first-order chi connectivity index (χ1) is 13.7. The molecule has 0 saturated carbocycles. The van der Waals surface area contributed by atoms with Gasteiger partial charge in [-0.1, -0.05) is 20.8 Å². The lowest BCUT2D eigenvalue weighted by atomic mass is 9.84. The van der Waals surface area contributed by atoms with Crippen molar-refractivity contribution in [2.45, 2.75) is 26.2 Å². The van der Waals surface area contributed by atoms with Gasteiger partial charge in [-0.25, -0.2) is 0 Å². The number of aromatic nitrogens is 1. The van der Waals surface area contributed by atoms with Crippen molar-refractivity contribution in [3.8, 4) is 16.9 Å². The highest BCUT2D eigenvalue weighted by Crippen LogP contribution is 2.40. The van der Waals surface area contributed by atoms with E-state index in [9.17, 15) is 9.59 Å². The number of carbonyl (C=O) groups excluding carboxylic acids is 1. The van der Waals surface area contributed by atoms with Crippen LogP contribution in [-0.2, 0) is 5.41 Å². The third kappa shape index (κ3) is 4.32. The van der Waals surface area contributed by atoms with Crippen LogP contribution in [0.4, 0.5) is 11.4 Å². The quantitative estimate of drug-likeness (QED) is 0.581. The average Bonchev–Trinajstić information content (AvgIpc) is 2.67. The predicted octanol–water partition coefficient (Wildman–Crippen LogP) is 4.18. The fourth-order valence-electron chi connectivity index (χ4n) is 3.13. The van der Waals surface area contributed by atoms with Crippen molar-refractivity contribution < 1.29 is 9.53 Å². The number of hydrogen-bond acceptors (Lipinski definition) is 4. The lowest BCUT2D eigenvalue weighted by molar-refractivity contribution is 0.102. The second-order valence-electron chi connectivity index (χ2n) is 7.84. The van der Waals surface area contributed by atoms with Crippen LogP contribution in [-0.4, -0.2) is 18.0 Å². The molecule has 4 N–H and O–H groups in total. The first-order valence-electron chi connectivity index (χ1n) is 9.28. The first kappa shape index (κ1) is 20.2. The van der Waals surface area contributed by atoms with Crippen molar-refractivity contribution in [2.24, 2.45) is 0 Å². The van der Waals surface area contributed by atoms with Gasteiger partial charge < -0.3 is 20.8 Å². The fraction of sp³-hybridized carbons (Fsp3) is 0.217. The van der Waals surface area contributed by atoms with Gasteiger partial charge in [0.05, 0.1) is 12.8 Å². The lowest BCUT2D eigenvalue weighted by Crippen LogP contribution is -2.18. The molecule has 0 bridgehead atoms. The van der Waals surface area contributed by atoms with Gasteiger partial charge in [0.1, 0.15) is 5.75 Å². The number of amides is 1. The molecular formula is C23H25N3O3. The summed E-state index contributed by atoms with van der Waals surface area (Å²) in [6.07, 6.45) is 1.59. The number of nitrogen functional groups attached to an aromatic ring is 1. The Bertz CT molecular complexity index is 1090. The van der Waals surface area contributed by atoms with Crippen molar-refractivity contribution in [3.63, 3.8) is 0 Å². The largest absolute Gasteiger partial charge is 0.494 e. The molecule has 0 aliphatic rings. The van der Waals surface area contributed by atoms with Crippen molar-refractivity contribution >= 4 is 17.3 Å².